The molecule has 2 unspecified atom stereocenters. The van der Waals surface area contributed by atoms with Gasteiger partial charge in [0, 0.05) is 19.8 Å². The van der Waals surface area contributed by atoms with E-state index in [9.17, 15) is 5.11 Å². The third-order valence-electron chi connectivity index (χ3n) is 3.03. The third kappa shape index (κ3) is 2.39. The Morgan fingerprint density at radius 2 is 2.56 bits per heavy atom. The summed E-state index contributed by atoms with van der Waals surface area (Å²) in [6, 6.07) is 0. The van der Waals surface area contributed by atoms with Crippen LogP contribution in [0.25, 0.3) is 0 Å². The maximum absolute atomic E-state index is 10.2. The lowest BCUT2D eigenvalue weighted by Gasteiger charge is -2.16. The summed E-state index contributed by atoms with van der Waals surface area (Å²) >= 11 is 6.03. The van der Waals surface area contributed by atoms with Crippen LogP contribution in [0.3, 0.4) is 0 Å². The fraction of sp³-hybridized carbons (Fsp3) is 0.727. The van der Waals surface area contributed by atoms with Gasteiger partial charge in [0.25, 0.3) is 0 Å². The predicted molar refractivity (Wildman–Crippen MR) is 61.4 cm³/mol. The lowest BCUT2D eigenvalue weighted by Crippen LogP contribution is -2.12. The van der Waals surface area contributed by atoms with Gasteiger partial charge in [-0.05, 0) is 25.7 Å². The van der Waals surface area contributed by atoms with Crippen molar-refractivity contribution >= 4 is 11.6 Å². The van der Waals surface area contributed by atoms with E-state index in [2.05, 4.69) is 5.10 Å². The molecule has 1 aliphatic rings. The van der Waals surface area contributed by atoms with Crippen molar-refractivity contribution in [2.45, 2.75) is 32.4 Å². The monoisotopic (exact) mass is 244 g/mol. The van der Waals surface area contributed by atoms with Crippen LogP contribution in [0.15, 0.2) is 6.20 Å². The van der Waals surface area contributed by atoms with Crippen molar-refractivity contribution in [2.24, 2.45) is 5.92 Å². The topological polar surface area (TPSA) is 47.3 Å². The zero-order chi connectivity index (χ0) is 11.5. The van der Waals surface area contributed by atoms with Gasteiger partial charge in [-0.25, -0.2) is 0 Å². The lowest BCUT2D eigenvalue weighted by molar-refractivity contribution is 0.122. The molecule has 2 heterocycles. The van der Waals surface area contributed by atoms with E-state index >= 15 is 0 Å². The Bertz CT molecular complexity index is 348. The summed E-state index contributed by atoms with van der Waals surface area (Å²) in [5, 5.41) is 14.8. The summed E-state index contributed by atoms with van der Waals surface area (Å²) in [6.45, 7) is 4.26. The molecule has 0 aromatic carbocycles. The summed E-state index contributed by atoms with van der Waals surface area (Å²) < 4.78 is 7.05. The third-order valence-corrected chi connectivity index (χ3v) is 3.32. The molecular weight excluding hydrogens is 228 g/mol. The van der Waals surface area contributed by atoms with Gasteiger partial charge in [-0.2, -0.15) is 5.10 Å². The number of hydrogen-bond donors (Lipinski definition) is 1. The molecule has 5 heteroatoms. The van der Waals surface area contributed by atoms with Gasteiger partial charge in [-0.3, -0.25) is 4.68 Å². The summed E-state index contributed by atoms with van der Waals surface area (Å²) in [6.07, 6.45) is 2.77. The Balaban J connectivity index is 2.06. The van der Waals surface area contributed by atoms with E-state index < -0.39 is 6.10 Å². The Hall–Kier alpha value is -0.580. The molecular formula is C11H17ClN2O2. The van der Waals surface area contributed by atoms with Crippen LogP contribution in [-0.4, -0.2) is 28.1 Å². The molecule has 2 rings (SSSR count). The molecule has 90 valence electrons. The van der Waals surface area contributed by atoms with Crippen LogP contribution in [-0.2, 0) is 11.3 Å². The number of ether oxygens (including phenoxy) is 1. The summed E-state index contributed by atoms with van der Waals surface area (Å²) in [5.41, 5.74) is 0.732. The highest BCUT2D eigenvalue weighted by Gasteiger charge is 2.24. The molecule has 16 heavy (non-hydrogen) atoms. The molecule has 0 amide bonds. The summed E-state index contributed by atoms with van der Waals surface area (Å²) in [7, 11) is 0. The quantitative estimate of drug-likeness (QED) is 0.882. The molecule has 1 saturated heterocycles. The first-order chi connectivity index (χ1) is 7.72. The largest absolute Gasteiger partial charge is 0.387 e. The van der Waals surface area contributed by atoms with Crippen LogP contribution in [0.2, 0.25) is 5.02 Å². The van der Waals surface area contributed by atoms with Crippen LogP contribution >= 0.6 is 11.6 Å². The van der Waals surface area contributed by atoms with Gasteiger partial charge in [-0.15, -0.1) is 0 Å². The minimum atomic E-state index is -0.540. The van der Waals surface area contributed by atoms with Crippen molar-refractivity contribution in [1.82, 2.24) is 9.78 Å². The second-order valence-corrected chi connectivity index (χ2v) is 4.58. The molecule has 0 saturated carbocycles. The number of hydrogen-bond acceptors (Lipinski definition) is 3. The number of aromatic nitrogens is 2. The van der Waals surface area contributed by atoms with Crippen molar-refractivity contribution in [1.29, 1.82) is 0 Å². The molecule has 1 aromatic heterocycles. The zero-order valence-corrected chi connectivity index (χ0v) is 10.2. The highest BCUT2D eigenvalue weighted by Crippen LogP contribution is 2.30. The molecule has 1 N–H and O–H groups in total. The lowest BCUT2D eigenvalue weighted by atomic mass is 9.99. The van der Waals surface area contributed by atoms with Crippen LogP contribution < -0.4 is 0 Å². The summed E-state index contributed by atoms with van der Waals surface area (Å²) in [4.78, 5) is 0. The van der Waals surface area contributed by atoms with Crippen LogP contribution in [0.5, 0.6) is 0 Å². The molecule has 1 aliphatic heterocycles. The Labute approximate surface area is 100 Å². The minimum absolute atomic E-state index is 0.436. The number of nitrogens with zero attached hydrogens (tertiary/aromatic N) is 2. The average Bonchev–Trinajstić information content (AvgIpc) is 2.87. The van der Waals surface area contributed by atoms with Gasteiger partial charge < -0.3 is 9.84 Å². The van der Waals surface area contributed by atoms with Crippen LogP contribution in [0.4, 0.5) is 0 Å². The Kier molecular flexibility index (Phi) is 3.84. The van der Waals surface area contributed by atoms with E-state index in [0.717, 1.165) is 31.9 Å². The van der Waals surface area contributed by atoms with E-state index in [1.807, 2.05) is 6.92 Å². The molecule has 4 nitrogen and oxygen atoms in total. The van der Waals surface area contributed by atoms with Crippen molar-refractivity contribution in [3.63, 3.8) is 0 Å². The van der Waals surface area contributed by atoms with E-state index in [1.165, 1.54) is 0 Å². The number of aryl methyl sites for hydroxylation is 1. The first kappa shape index (κ1) is 11.9. The van der Waals surface area contributed by atoms with Gasteiger partial charge >= 0.3 is 0 Å². The molecule has 2 atom stereocenters. The first-order valence-electron chi connectivity index (χ1n) is 5.69. The first-order valence-corrected chi connectivity index (χ1v) is 6.07. The maximum atomic E-state index is 10.2. The molecule has 0 radical (unpaired) electrons. The minimum Gasteiger partial charge on any atom is -0.387 e. The maximum Gasteiger partial charge on any atom is 0.0975 e. The normalized spacial score (nSPS) is 22.6. The van der Waals surface area contributed by atoms with Crippen LogP contribution in [0, 0.1) is 5.92 Å². The second kappa shape index (κ2) is 5.17. The standard InChI is InChI=1S/C11H17ClN2O2/c1-2-14-11(9(12)6-13-14)10(15)5-8-3-4-16-7-8/h6,8,10,15H,2-5,7H2,1H3. The van der Waals surface area contributed by atoms with E-state index in [4.69, 9.17) is 16.3 Å². The Morgan fingerprint density at radius 1 is 1.75 bits per heavy atom. The van der Waals surface area contributed by atoms with E-state index in [1.54, 1.807) is 10.9 Å². The van der Waals surface area contributed by atoms with E-state index in [-0.39, 0.29) is 0 Å². The smallest absolute Gasteiger partial charge is 0.0975 e. The van der Waals surface area contributed by atoms with Crippen molar-refractivity contribution in [2.75, 3.05) is 13.2 Å². The van der Waals surface area contributed by atoms with Gasteiger partial charge in [0.2, 0.25) is 0 Å². The number of halogens is 1. The number of rotatable bonds is 4. The predicted octanol–water partition coefficient (Wildman–Crippen LogP) is 2.02. The fourth-order valence-corrected chi connectivity index (χ4v) is 2.42. The highest BCUT2D eigenvalue weighted by molar-refractivity contribution is 6.31. The molecule has 0 bridgehead atoms. The fourth-order valence-electron chi connectivity index (χ4n) is 2.15. The number of aliphatic hydroxyl groups excluding tert-OH is 1. The van der Waals surface area contributed by atoms with Crippen molar-refractivity contribution in [3.8, 4) is 0 Å². The number of aliphatic hydroxyl groups is 1. The van der Waals surface area contributed by atoms with Gasteiger partial charge in [0.15, 0.2) is 0 Å². The van der Waals surface area contributed by atoms with Gasteiger partial charge in [-0.1, -0.05) is 11.6 Å². The molecule has 1 fully saturated rings. The molecule has 1 aromatic rings. The van der Waals surface area contributed by atoms with Crippen LogP contribution in [0.1, 0.15) is 31.6 Å². The van der Waals surface area contributed by atoms with Gasteiger partial charge in [0.05, 0.1) is 23.0 Å². The molecule has 0 spiro atoms. The average molecular weight is 245 g/mol. The summed E-state index contributed by atoms with van der Waals surface area (Å²) in [5.74, 6) is 0.436. The zero-order valence-electron chi connectivity index (χ0n) is 9.40. The second-order valence-electron chi connectivity index (χ2n) is 4.17. The highest BCUT2D eigenvalue weighted by atomic mass is 35.5. The molecule has 0 aliphatic carbocycles. The van der Waals surface area contributed by atoms with E-state index in [0.29, 0.717) is 17.4 Å². The van der Waals surface area contributed by atoms with Crippen molar-refractivity contribution in [3.05, 3.63) is 16.9 Å². The van der Waals surface area contributed by atoms with Gasteiger partial charge in [0.1, 0.15) is 0 Å². The Morgan fingerprint density at radius 3 is 3.19 bits per heavy atom. The van der Waals surface area contributed by atoms with Crippen molar-refractivity contribution < 1.29 is 9.84 Å². The SMILES string of the molecule is CCn1ncc(Cl)c1C(O)CC1CCOC1.